The molecule has 2 rings (SSSR count). The smallest absolute Gasteiger partial charge is 0.155 e. The number of aryl methyl sites for hydroxylation is 3. The number of carbonyl (C=O) groups excluding carboxylic acids is 1. The Morgan fingerprint density at radius 2 is 2.13 bits per heavy atom. The molecule has 15 heavy (non-hydrogen) atoms. The normalized spacial score (nSPS) is 10.6. The fourth-order valence-electron chi connectivity index (χ4n) is 1.64. The van der Waals surface area contributed by atoms with Gasteiger partial charge in [0.2, 0.25) is 0 Å². The van der Waals surface area contributed by atoms with Gasteiger partial charge in [-0.2, -0.15) is 5.10 Å². The third kappa shape index (κ3) is 1.45. The third-order valence-corrected chi connectivity index (χ3v) is 2.31. The Morgan fingerprint density at radius 3 is 2.67 bits per heavy atom. The summed E-state index contributed by atoms with van der Waals surface area (Å²) >= 11 is 0. The van der Waals surface area contributed by atoms with Gasteiger partial charge < -0.3 is 0 Å². The Kier molecular flexibility index (Phi) is 2.15. The lowest BCUT2D eigenvalue weighted by atomic mass is 10.2. The van der Waals surface area contributed by atoms with Crippen molar-refractivity contribution in [2.75, 3.05) is 0 Å². The number of carbonyl (C=O) groups is 1. The number of nitrogens with zero attached hydrogens (tertiary/aromatic N) is 4. The van der Waals surface area contributed by atoms with E-state index in [1.165, 1.54) is 0 Å². The van der Waals surface area contributed by atoms with Gasteiger partial charge >= 0.3 is 0 Å². The topological polar surface area (TPSA) is 52.7 Å². The molecule has 2 aromatic rings. The molecule has 0 saturated heterocycles. The van der Waals surface area contributed by atoms with E-state index in [-0.39, 0.29) is 0 Å². The van der Waals surface area contributed by atoms with Crippen molar-refractivity contribution in [2.45, 2.75) is 13.8 Å². The van der Waals surface area contributed by atoms with Crippen LogP contribution in [0.4, 0.5) is 0 Å². The average Bonchev–Trinajstić information content (AvgIpc) is 2.70. The fourth-order valence-corrected chi connectivity index (χ4v) is 1.64. The number of hydrogen-bond donors (Lipinski definition) is 0. The zero-order valence-electron chi connectivity index (χ0n) is 8.93. The summed E-state index contributed by atoms with van der Waals surface area (Å²) in [5, 5.41) is 4.20. The first-order chi connectivity index (χ1) is 7.13. The molecule has 0 aromatic carbocycles. The van der Waals surface area contributed by atoms with Gasteiger partial charge in [0, 0.05) is 13.2 Å². The van der Waals surface area contributed by atoms with Gasteiger partial charge in [-0.3, -0.25) is 14.0 Å². The standard InChI is InChI=1S/C10H12N4O/c1-7-4-14(6-11-7)10-9(5-15)8(2)12-13(10)3/h4-6H,1-3H3. The monoisotopic (exact) mass is 204 g/mol. The Hall–Kier alpha value is -1.91. The van der Waals surface area contributed by atoms with Crippen LogP contribution in [0.25, 0.3) is 5.82 Å². The largest absolute Gasteiger partial charge is 0.298 e. The van der Waals surface area contributed by atoms with Crippen LogP contribution < -0.4 is 0 Å². The molecule has 0 amide bonds. The van der Waals surface area contributed by atoms with Gasteiger partial charge in [0.15, 0.2) is 6.29 Å². The van der Waals surface area contributed by atoms with Crippen molar-refractivity contribution >= 4 is 6.29 Å². The molecular formula is C10H12N4O. The molecule has 78 valence electrons. The number of aldehydes is 1. The molecule has 0 aliphatic rings. The quantitative estimate of drug-likeness (QED) is 0.687. The molecular weight excluding hydrogens is 192 g/mol. The van der Waals surface area contributed by atoms with Crippen molar-refractivity contribution in [1.29, 1.82) is 0 Å². The van der Waals surface area contributed by atoms with Crippen LogP contribution in [0, 0.1) is 13.8 Å². The van der Waals surface area contributed by atoms with Gasteiger partial charge in [0.25, 0.3) is 0 Å². The van der Waals surface area contributed by atoms with Crippen molar-refractivity contribution in [3.63, 3.8) is 0 Å². The van der Waals surface area contributed by atoms with Crippen molar-refractivity contribution in [1.82, 2.24) is 19.3 Å². The molecule has 0 spiro atoms. The molecule has 5 heteroatoms. The first-order valence-corrected chi connectivity index (χ1v) is 4.63. The lowest BCUT2D eigenvalue weighted by Crippen LogP contribution is -2.02. The molecule has 0 atom stereocenters. The first kappa shape index (κ1) is 9.64. The fraction of sp³-hybridized carbons (Fsp3) is 0.300. The predicted molar refractivity (Wildman–Crippen MR) is 55.2 cm³/mol. The summed E-state index contributed by atoms with van der Waals surface area (Å²) in [6.45, 7) is 3.72. The van der Waals surface area contributed by atoms with Crippen LogP contribution in [0.5, 0.6) is 0 Å². The van der Waals surface area contributed by atoms with E-state index in [1.807, 2.05) is 27.1 Å². The van der Waals surface area contributed by atoms with Gasteiger partial charge in [-0.15, -0.1) is 0 Å². The minimum absolute atomic E-state index is 0.606. The second-order valence-electron chi connectivity index (χ2n) is 3.49. The van der Waals surface area contributed by atoms with Crippen molar-refractivity contribution in [3.8, 4) is 5.82 Å². The van der Waals surface area contributed by atoms with Crippen LogP contribution in [-0.2, 0) is 7.05 Å². The van der Waals surface area contributed by atoms with E-state index in [2.05, 4.69) is 10.1 Å². The van der Waals surface area contributed by atoms with E-state index in [4.69, 9.17) is 0 Å². The maximum atomic E-state index is 11.0. The highest BCUT2D eigenvalue weighted by Crippen LogP contribution is 2.15. The van der Waals surface area contributed by atoms with E-state index >= 15 is 0 Å². The van der Waals surface area contributed by atoms with Crippen LogP contribution in [0.15, 0.2) is 12.5 Å². The van der Waals surface area contributed by atoms with Gasteiger partial charge in [-0.05, 0) is 13.8 Å². The van der Waals surface area contributed by atoms with E-state index < -0.39 is 0 Å². The number of imidazole rings is 1. The first-order valence-electron chi connectivity index (χ1n) is 4.63. The molecule has 0 aliphatic carbocycles. The van der Waals surface area contributed by atoms with Crippen LogP contribution in [0.2, 0.25) is 0 Å². The molecule has 5 nitrogen and oxygen atoms in total. The van der Waals surface area contributed by atoms with Crippen molar-refractivity contribution < 1.29 is 4.79 Å². The molecule has 2 heterocycles. The molecule has 0 fully saturated rings. The van der Waals surface area contributed by atoms with Crippen LogP contribution >= 0.6 is 0 Å². The predicted octanol–water partition coefficient (Wildman–Crippen LogP) is 1.04. The summed E-state index contributed by atoms with van der Waals surface area (Å²) in [5.74, 6) is 0.753. The molecule has 0 saturated carbocycles. The zero-order valence-corrected chi connectivity index (χ0v) is 8.93. The summed E-state index contributed by atoms with van der Waals surface area (Å²) in [7, 11) is 1.81. The summed E-state index contributed by atoms with van der Waals surface area (Å²) in [5.41, 5.74) is 2.24. The summed E-state index contributed by atoms with van der Waals surface area (Å²) < 4.78 is 3.49. The highest BCUT2D eigenvalue weighted by Gasteiger charge is 2.13. The summed E-state index contributed by atoms with van der Waals surface area (Å²) in [4.78, 5) is 15.1. The summed E-state index contributed by atoms with van der Waals surface area (Å²) in [6.07, 6.45) is 4.37. The van der Waals surface area contributed by atoms with Gasteiger partial charge in [0.1, 0.15) is 12.1 Å². The molecule has 0 radical (unpaired) electrons. The maximum absolute atomic E-state index is 11.0. The third-order valence-electron chi connectivity index (χ3n) is 2.31. The van der Waals surface area contributed by atoms with Crippen molar-refractivity contribution in [3.05, 3.63) is 29.5 Å². The van der Waals surface area contributed by atoms with E-state index in [0.29, 0.717) is 5.56 Å². The highest BCUT2D eigenvalue weighted by molar-refractivity contribution is 5.81. The number of aromatic nitrogens is 4. The molecule has 0 N–H and O–H groups in total. The maximum Gasteiger partial charge on any atom is 0.155 e. The Balaban J connectivity index is 2.66. The zero-order chi connectivity index (χ0) is 11.0. The number of rotatable bonds is 2. The van der Waals surface area contributed by atoms with Crippen LogP contribution in [-0.4, -0.2) is 25.6 Å². The van der Waals surface area contributed by atoms with E-state index in [0.717, 1.165) is 23.5 Å². The summed E-state index contributed by atoms with van der Waals surface area (Å²) in [6, 6.07) is 0. The van der Waals surface area contributed by atoms with Gasteiger partial charge in [-0.25, -0.2) is 4.98 Å². The molecule has 0 aliphatic heterocycles. The van der Waals surface area contributed by atoms with Gasteiger partial charge in [0.05, 0.1) is 17.0 Å². The minimum atomic E-state index is 0.606. The Labute approximate surface area is 87.4 Å². The average molecular weight is 204 g/mol. The van der Waals surface area contributed by atoms with Gasteiger partial charge in [-0.1, -0.05) is 0 Å². The lowest BCUT2D eigenvalue weighted by molar-refractivity contribution is 0.112. The molecule has 0 bridgehead atoms. The molecule has 0 unspecified atom stereocenters. The SMILES string of the molecule is Cc1cn(-c2c(C=O)c(C)nn2C)cn1. The highest BCUT2D eigenvalue weighted by atomic mass is 16.1. The second kappa shape index (κ2) is 3.34. The van der Waals surface area contributed by atoms with Crippen LogP contribution in [0.3, 0.4) is 0 Å². The Bertz CT molecular complexity index is 509. The number of hydrogen-bond acceptors (Lipinski definition) is 3. The minimum Gasteiger partial charge on any atom is -0.298 e. The lowest BCUT2D eigenvalue weighted by Gasteiger charge is -2.02. The molecule has 2 aromatic heterocycles. The Morgan fingerprint density at radius 1 is 1.40 bits per heavy atom. The van der Waals surface area contributed by atoms with Crippen molar-refractivity contribution in [2.24, 2.45) is 7.05 Å². The van der Waals surface area contributed by atoms with E-state index in [9.17, 15) is 4.79 Å². The van der Waals surface area contributed by atoms with Crippen LogP contribution in [0.1, 0.15) is 21.7 Å². The second-order valence-corrected chi connectivity index (χ2v) is 3.49. The van der Waals surface area contributed by atoms with E-state index in [1.54, 1.807) is 15.6 Å².